The quantitative estimate of drug-likeness (QED) is 0.803. The monoisotopic (exact) mass is 298 g/mol. The molecule has 0 unspecified atom stereocenters. The number of carbonyl (C=O) groups is 1. The summed E-state index contributed by atoms with van der Waals surface area (Å²) in [5, 5.41) is 11.3. The molecular formula is C15H18N6O. The summed E-state index contributed by atoms with van der Waals surface area (Å²) in [7, 11) is 0. The molecule has 0 atom stereocenters. The van der Waals surface area contributed by atoms with Gasteiger partial charge in [-0.25, -0.2) is 9.50 Å². The number of fused-ring (bicyclic) bond motifs is 1. The van der Waals surface area contributed by atoms with Crippen molar-refractivity contribution < 1.29 is 4.79 Å². The number of nitrogens with one attached hydrogen (secondary N) is 1. The van der Waals surface area contributed by atoms with E-state index in [1.54, 1.807) is 16.9 Å². The molecule has 3 aromatic heterocycles. The number of amides is 1. The third-order valence-corrected chi connectivity index (χ3v) is 3.67. The lowest BCUT2D eigenvalue weighted by Crippen LogP contribution is -2.13. The van der Waals surface area contributed by atoms with Crippen molar-refractivity contribution in [3.63, 3.8) is 0 Å². The van der Waals surface area contributed by atoms with E-state index in [4.69, 9.17) is 0 Å². The van der Waals surface area contributed by atoms with Crippen molar-refractivity contribution in [2.24, 2.45) is 0 Å². The predicted molar refractivity (Wildman–Crippen MR) is 83.1 cm³/mol. The molecule has 1 amide bonds. The third kappa shape index (κ3) is 2.24. The van der Waals surface area contributed by atoms with Crippen LogP contribution in [-0.4, -0.2) is 30.3 Å². The first-order chi connectivity index (χ1) is 10.5. The number of hydrogen-bond acceptors (Lipinski definition) is 4. The Kier molecular flexibility index (Phi) is 3.40. The van der Waals surface area contributed by atoms with Crippen molar-refractivity contribution in [3.8, 4) is 0 Å². The van der Waals surface area contributed by atoms with E-state index in [0.29, 0.717) is 16.9 Å². The Morgan fingerprint density at radius 2 is 2.00 bits per heavy atom. The van der Waals surface area contributed by atoms with Crippen molar-refractivity contribution >= 4 is 17.2 Å². The van der Waals surface area contributed by atoms with Crippen LogP contribution in [0.15, 0.2) is 18.5 Å². The van der Waals surface area contributed by atoms with Crippen LogP contribution in [0.2, 0.25) is 0 Å². The molecule has 0 bridgehead atoms. The van der Waals surface area contributed by atoms with Crippen LogP contribution in [0.3, 0.4) is 0 Å². The highest BCUT2D eigenvalue weighted by Gasteiger charge is 2.17. The van der Waals surface area contributed by atoms with Crippen LogP contribution in [0.5, 0.6) is 0 Å². The van der Waals surface area contributed by atoms with E-state index in [1.165, 1.54) is 0 Å². The molecule has 0 aliphatic heterocycles. The van der Waals surface area contributed by atoms with Crippen LogP contribution in [-0.2, 0) is 6.54 Å². The lowest BCUT2D eigenvalue weighted by molar-refractivity contribution is 0.102. The molecule has 7 heteroatoms. The van der Waals surface area contributed by atoms with Gasteiger partial charge in [-0.1, -0.05) is 0 Å². The molecule has 3 heterocycles. The number of hydrogen-bond donors (Lipinski definition) is 1. The maximum absolute atomic E-state index is 12.5. The van der Waals surface area contributed by atoms with E-state index < -0.39 is 0 Å². The number of aromatic nitrogens is 5. The molecule has 0 saturated heterocycles. The van der Waals surface area contributed by atoms with Gasteiger partial charge in [-0.05, 0) is 33.8 Å². The Balaban J connectivity index is 1.97. The molecule has 0 spiro atoms. The van der Waals surface area contributed by atoms with Crippen LogP contribution in [0.25, 0.3) is 5.65 Å². The average Bonchev–Trinajstić information content (AvgIpc) is 3.03. The number of aryl methyl sites for hydroxylation is 3. The summed E-state index contributed by atoms with van der Waals surface area (Å²) < 4.78 is 3.50. The molecule has 0 aliphatic rings. The highest BCUT2D eigenvalue weighted by Crippen LogP contribution is 2.17. The van der Waals surface area contributed by atoms with E-state index >= 15 is 0 Å². The molecule has 7 nitrogen and oxygen atoms in total. The predicted octanol–water partition coefficient (Wildman–Crippen LogP) is 2.12. The van der Waals surface area contributed by atoms with Gasteiger partial charge in [0.25, 0.3) is 5.91 Å². The molecule has 0 fully saturated rings. The smallest absolute Gasteiger partial charge is 0.261 e. The summed E-state index contributed by atoms with van der Waals surface area (Å²) in [6.07, 6.45) is 3.20. The fourth-order valence-corrected chi connectivity index (χ4v) is 2.51. The normalized spacial score (nSPS) is 11.1. The van der Waals surface area contributed by atoms with Crippen molar-refractivity contribution in [2.45, 2.75) is 34.2 Å². The standard InChI is InChI=1S/C15H18N6O/c1-5-20-11(4)13(8-16-20)19-15(22)12-7-17-21-10(3)6-9(2)18-14(12)21/h6-8H,5H2,1-4H3,(H,19,22). The Labute approximate surface area is 128 Å². The molecule has 22 heavy (non-hydrogen) atoms. The van der Waals surface area contributed by atoms with Gasteiger partial charge in [0, 0.05) is 17.9 Å². The fraction of sp³-hybridized carbons (Fsp3) is 0.333. The Bertz CT molecular complexity index is 860. The first kappa shape index (κ1) is 14.2. The Morgan fingerprint density at radius 1 is 1.23 bits per heavy atom. The van der Waals surface area contributed by atoms with Gasteiger partial charge in [0.15, 0.2) is 5.65 Å². The van der Waals surface area contributed by atoms with Gasteiger partial charge in [-0.3, -0.25) is 9.48 Å². The van der Waals surface area contributed by atoms with Crippen LogP contribution in [0.1, 0.15) is 34.4 Å². The minimum absolute atomic E-state index is 0.230. The minimum Gasteiger partial charge on any atom is -0.319 e. The van der Waals surface area contributed by atoms with E-state index in [9.17, 15) is 4.79 Å². The Morgan fingerprint density at radius 3 is 2.68 bits per heavy atom. The number of anilines is 1. The fourth-order valence-electron chi connectivity index (χ4n) is 2.51. The number of nitrogens with zero attached hydrogens (tertiary/aromatic N) is 5. The van der Waals surface area contributed by atoms with E-state index in [0.717, 1.165) is 23.6 Å². The van der Waals surface area contributed by atoms with Crippen molar-refractivity contribution in [3.05, 3.63) is 41.1 Å². The summed E-state index contributed by atoms with van der Waals surface area (Å²) in [5.74, 6) is -0.230. The van der Waals surface area contributed by atoms with Crippen LogP contribution >= 0.6 is 0 Å². The second kappa shape index (κ2) is 5.25. The maximum Gasteiger partial charge on any atom is 0.261 e. The van der Waals surface area contributed by atoms with Gasteiger partial charge in [0.2, 0.25) is 0 Å². The topological polar surface area (TPSA) is 77.1 Å². The average molecular weight is 298 g/mol. The Hall–Kier alpha value is -2.70. The first-order valence-corrected chi connectivity index (χ1v) is 7.17. The SMILES string of the molecule is CCn1ncc(NC(=O)c2cnn3c(C)cc(C)nc23)c1C. The third-order valence-electron chi connectivity index (χ3n) is 3.67. The summed E-state index contributed by atoms with van der Waals surface area (Å²) in [4.78, 5) is 16.9. The summed E-state index contributed by atoms with van der Waals surface area (Å²) in [5.41, 5.74) is 4.44. The largest absolute Gasteiger partial charge is 0.319 e. The zero-order valence-electron chi connectivity index (χ0n) is 13.1. The van der Waals surface area contributed by atoms with E-state index in [1.807, 2.05) is 38.4 Å². The van der Waals surface area contributed by atoms with Gasteiger partial charge in [0.05, 0.1) is 23.8 Å². The van der Waals surface area contributed by atoms with Crippen molar-refractivity contribution in [1.82, 2.24) is 24.4 Å². The zero-order chi connectivity index (χ0) is 15.9. The summed E-state index contributed by atoms with van der Waals surface area (Å²) in [6.45, 7) is 8.53. The van der Waals surface area contributed by atoms with Gasteiger partial charge in [-0.2, -0.15) is 10.2 Å². The number of carbonyl (C=O) groups excluding carboxylic acids is 1. The van der Waals surface area contributed by atoms with Gasteiger partial charge in [0.1, 0.15) is 5.56 Å². The maximum atomic E-state index is 12.5. The minimum atomic E-state index is -0.230. The van der Waals surface area contributed by atoms with Gasteiger partial charge >= 0.3 is 0 Å². The second-order valence-electron chi connectivity index (χ2n) is 5.25. The molecule has 3 rings (SSSR count). The molecule has 1 N–H and O–H groups in total. The number of rotatable bonds is 3. The van der Waals surface area contributed by atoms with E-state index in [2.05, 4.69) is 20.5 Å². The molecule has 3 aromatic rings. The summed E-state index contributed by atoms with van der Waals surface area (Å²) >= 11 is 0. The molecule has 0 saturated carbocycles. The van der Waals surface area contributed by atoms with Crippen molar-refractivity contribution in [2.75, 3.05) is 5.32 Å². The van der Waals surface area contributed by atoms with Crippen LogP contribution < -0.4 is 5.32 Å². The van der Waals surface area contributed by atoms with Crippen LogP contribution in [0.4, 0.5) is 5.69 Å². The summed E-state index contributed by atoms with van der Waals surface area (Å²) in [6, 6.07) is 1.93. The molecule has 0 radical (unpaired) electrons. The highest BCUT2D eigenvalue weighted by atomic mass is 16.1. The lowest BCUT2D eigenvalue weighted by Gasteiger charge is -2.05. The molecule has 0 aliphatic carbocycles. The molecule has 114 valence electrons. The highest BCUT2D eigenvalue weighted by molar-refractivity contribution is 6.08. The lowest BCUT2D eigenvalue weighted by atomic mass is 10.2. The molecular weight excluding hydrogens is 280 g/mol. The molecule has 0 aromatic carbocycles. The van der Waals surface area contributed by atoms with E-state index in [-0.39, 0.29) is 5.91 Å². The van der Waals surface area contributed by atoms with Crippen LogP contribution in [0, 0.1) is 20.8 Å². The zero-order valence-corrected chi connectivity index (χ0v) is 13.1. The van der Waals surface area contributed by atoms with Gasteiger partial charge < -0.3 is 5.32 Å². The van der Waals surface area contributed by atoms with Crippen molar-refractivity contribution in [1.29, 1.82) is 0 Å². The first-order valence-electron chi connectivity index (χ1n) is 7.17. The van der Waals surface area contributed by atoms with Gasteiger partial charge in [-0.15, -0.1) is 0 Å². The second-order valence-corrected chi connectivity index (χ2v) is 5.25.